The lowest BCUT2D eigenvalue weighted by Gasteiger charge is -2.32. The highest BCUT2D eigenvalue weighted by atomic mass is 16.5. The highest BCUT2D eigenvalue weighted by Gasteiger charge is 2.30. The van der Waals surface area contributed by atoms with Crippen LogP contribution in [0.25, 0.3) is 0 Å². The number of carbonyl (C=O) groups is 1. The lowest BCUT2D eigenvalue weighted by molar-refractivity contribution is -0.123. The van der Waals surface area contributed by atoms with Gasteiger partial charge >= 0.3 is 0 Å². The first kappa shape index (κ1) is 14.4. The number of hydrogen-bond acceptors (Lipinski definition) is 3. The van der Waals surface area contributed by atoms with Crippen molar-refractivity contribution < 1.29 is 9.53 Å². The first-order valence-corrected chi connectivity index (χ1v) is 8.05. The molecule has 0 aromatic heterocycles. The summed E-state index contributed by atoms with van der Waals surface area (Å²) in [4.78, 5) is 12.1. The fourth-order valence-corrected chi connectivity index (χ4v) is 3.43. The number of nitrogens with one attached hydrogen (secondary N) is 2. The molecule has 0 radical (unpaired) electrons. The number of amides is 1. The molecule has 3 rings (SSSR count). The van der Waals surface area contributed by atoms with Crippen LogP contribution >= 0.6 is 0 Å². The van der Waals surface area contributed by atoms with Gasteiger partial charge in [-0.3, -0.25) is 4.79 Å². The summed E-state index contributed by atoms with van der Waals surface area (Å²) in [7, 11) is 0. The van der Waals surface area contributed by atoms with Crippen molar-refractivity contribution >= 4 is 5.91 Å². The van der Waals surface area contributed by atoms with E-state index in [9.17, 15) is 4.79 Å². The number of aryl methyl sites for hydroxylation is 1. The molecular weight excluding hydrogens is 264 g/mol. The molecule has 1 aromatic carbocycles. The van der Waals surface area contributed by atoms with Gasteiger partial charge in [0, 0.05) is 6.54 Å². The molecule has 2 heterocycles. The number of hydrogen-bond donors (Lipinski definition) is 2. The third-order valence-electron chi connectivity index (χ3n) is 4.47. The fraction of sp³-hybridized carbons (Fsp3) is 0.588. The van der Waals surface area contributed by atoms with E-state index in [0.29, 0.717) is 12.5 Å². The summed E-state index contributed by atoms with van der Waals surface area (Å²) in [6, 6.07) is 6.39. The topological polar surface area (TPSA) is 50.4 Å². The molecule has 21 heavy (non-hydrogen) atoms. The van der Waals surface area contributed by atoms with E-state index in [1.807, 2.05) is 6.92 Å². The van der Waals surface area contributed by atoms with Gasteiger partial charge < -0.3 is 15.4 Å². The van der Waals surface area contributed by atoms with Gasteiger partial charge in [0.05, 0.1) is 12.6 Å². The number of ether oxygens (including phenoxy) is 1. The Kier molecular flexibility index (Phi) is 4.44. The first-order valence-electron chi connectivity index (χ1n) is 8.05. The Morgan fingerprint density at radius 3 is 3.24 bits per heavy atom. The molecule has 114 valence electrons. The van der Waals surface area contributed by atoms with Crippen LogP contribution in [0.3, 0.4) is 0 Å². The van der Waals surface area contributed by atoms with Crippen molar-refractivity contribution in [2.75, 3.05) is 19.7 Å². The average molecular weight is 288 g/mol. The molecule has 0 aliphatic carbocycles. The highest BCUT2D eigenvalue weighted by molar-refractivity contribution is 5.81. The predicted molar refractivity (Wildman–Crippen MR) is 82.7 cm³/mol. The second-order valence-electron chi connectivity index (χ2n) is 5.91. The van der Waals surface area contributed by atoms with Gasteiger partial charge in [-0.05, 0) is 56.2 Å². The van der Waals surface area contributed by atoms with Gasteiger partial charge in [0.25, 0.3) is 0 Å². The standard InChI is InChI=1S/C17H24N2O2/c1-2-18-17(20)15-11-13(8-9-19-15)14-7-3-5-12-6-4-10-21-16(12)14/h3,5,7,13,15,19H,2,4,6,8-11H2,1H3,(H,18,20). The Hall–Kier alpha value is -1.55. The monoisotopic (exact) mass is 288 g/mol. The zero-order valence-corrected chi connectivity index (χ0v) is 12.7. The molecular formula is C17H24N2O2. The smallest absolute Gasteiger partial charge is 0.237 e. The molecule has 2 N–H and O–H groups in total. The van der Waals surface area contributed by atoms with E-state index in [4.69, 9.17) is 4.74 Å². The fourth-order valence-electron chi connectivity index (χ4n) is 3.43. The number of benzene rings is 1. The van der Waals surface area contributed by atoms with Crippen LogP contribution < -0.4 is 15.4 Å². The maximum atomic E-state index is 12.1. The van der Waals surface area contributed by atoms with E-state index >= 15 is 0 Å². The maximum absolute atomic E-state index is 12.1. The summed E-state index contributed by atoms with van der Waals surface area (Å²) in [5.74, 6) is 1.62. The van der Waals surface area contributed by atoms with E-state index < -0.39 is 0 Å². The van der Waals surface area contributed by atoms with Crippen LogP contribution in [0.1, 0.15) is 43.2 Å². The number of piperidine rings is 1. The van der Waals surface area contributed by atoms with Crippen molar-refractivity contribution in [3.63, 3.8) is 0 Å². The molecule has 0 bridgehead atoms. The number of fused-ring (bicyclic) bond motifs is 1. The van der Waals surface area contributed by atoms with Crippen molar-refractivity contribution in [2.45, 2.75) is 44.6 Å². The molecule has 4 nitrogen and oxygen atoms in total. The molecule has 2 aliphatic rings. The van der Waals surface area contributed by atoms with E-state index in [-0.39, 0.29) is 11.9 Å². The Labute approximate surface area is 126 Å². The number of likely N-dealkylation sites (N-methyl/N-ethyl adjacent to an activating group) is 1. The normalized spacial score (nSPS) is 24.8. The lowest BCUT2D eigenvalue weighted by atomic mass is 9.84. The predicted octanol–water partition coefficient (Wildman–Crippen LogP) is 1.98. The average Bonchev–Trinajstić information content (AvgIpc) is 2.55. The molecule has 2 unspecified atom stereocenters. The van der Waals surface area contributed by atoms with Crippen LogP contribution in [0.2, 0.25) is 0 Å². The molecule has 1 amide bonds. The Balaban J connectivity index is 1.79. The number of rotatable bonds is 3. The summed E-state index contributed by atoms with van der Waals surface area (Å²) < 4.78 is 5.93. The van der Waals surface area contributed by atoms with Gasteiger partial charge in [0.2, 0.25) is 5.91 Å². The van der Waals surface area contributed by atoms with Crippen LogP contribution in [0.4, 0.5) is 0 Å². The van der Waals surface area contributed by atoms with Gasteiger partial charge in [-0.15, -0.1) is 0 Å². The SMILES string of the molecule is CCNC(=O)C1CC(c2cccc3c2OCCC3)CCN1. The summed E-state index contributed by atoms with van der Waals surface area (Å²) in [6.07, 6.45) is 4.12. The third kappa shape index (κ3) is 3.05. The molecule has 2 aliphatic heterocycles. The largest absolute Gasteiger partial charge is 0.493 e. The summed E-state index contributed by atoms with van der Waals surface area (Å²) in [5.41, 5.74) is 2.62. The Morgan fingerprint density at radius 1 is 1.48 bits per heavy atom. The van der Waals surface area contributed by atoms with Crippen molar-refractivity contribution in [1.82, 2.24) is 10.6 Å². The summed E-state index contributed by atoms with van der Waals surface area (Å²) >= 11 is 0. The van der Waals surface area contributed by atoms with Crippen LogP contribution in [-0.2, 0) is 11.2 Å². The number of para-hydroxylation sites is 1. The van der Waals surface area contributed by atoms with Gasteiger partial charge in [-0.2, -0.15) is 0 Å². The van der Waals surface area contributed by atoms with Crippen molar-refractivity contribution in [2.24, 2.45) is 0 Å². The maximum Gasteiger partial charge on any atom is 0.237 e. The Morgan fingerprint density at radius 2 is 2.38 bits per heavy atom. The second-order valence-corrected chi connectivity index (χ2v) is 5.91. The van der Waals surface area contributed by atoms with Gasteiger partial charge in [0.1, 0.15) is 5.75 Å². The summed E-state index contributed by atoms with van der Waals surface area (Å²) in [6.45, 7) is 4.34. The molecule has 0 spiro atoms. The van der Waals surface area contributed by atoms with Crippen molar-refractivity contribution in [3.05, 3.63) is 29.3 Å². The van der Waals surface area contributed by atoms with E-state index in [1.54, 1.807) is 0 Å². The third-order valence-corrected chi connectivity index (χ3v) is 4.47. The van der Waals surface area contributed by atoms with E-state index in [1.165, 1.54) is 11.1 Å². The molecule has 2 atom stereocenters. The zero-order valence-electron chi connectivity index (χ0n) is 12.7. The van der Waals surface area contributed by atoms with Gasteiger partial charge in [-0.25, -0.2) is 0 Å². The van der Waals surface area contributed by atoms with Gasteiger partial charge in [-0.1, -0.05) is 18.2 Å². The lowest BCUT2D eigenvalue weighted by Crippen LogP contribution is -2.48. The second kappa shape index (κ2) is 6.48. The van der Waals surface area contributed by atoms with Crippen LogP contribution in [0.15, 0.2) is 18.2 Å². The molecule has 1 aromatic rings. The number of carbonyl (C=O) groups excluding carboxylic acids is 1. The van der Waals surface area contributed by atoms with Crippen molar-refractivity contribution in [3.8, 4) is 5.75 Å². The van der Waals surface area contributed by atoms with Crippen LogP contribution in [0.5, 0.6) is 5.75 Å². The van der Waals surface area contributed by atoms with E-state index in [2.05, 4.69) is 28.8 Å². The van der Waals surface area contributed by atoms with Crippen molar-refractivity contribution in [1.29, 1.82) is 0 Å². The quantitative estimate of drug-likeness (QED) is 0.894. The van der Waals surface area contributed by atoms with E-state index in [0.717, 1.165) is 44.6 Å². The molecule has 4 heteroatoms. The minimum Gasteiger partial charge on any atom is -0.493 e. The van der Waals surface area contributed by atoms with Crippen LogP contribution in [0, 0.1) is 0 Å². The highest BCUT2D eigenvalue weighted by Crippen LogP contribution is 2.38. The molecule has 0 saturated carbocycles. The summed E-state index contributed by atoms with van der Waals surface area (Å²) in [5, 5.41) is 6.25. The first-order chi connectivity index (χ1) is 10.3. The minimum absolute atomic E-state index is 0.0804. The van der Waals surface area contributed by atoms with Gasteiger partial charge in [0.15, 0.2) is 0 Å². The molecule has 1 saturated heterocycles. The van der Waals surface area contributed by atoms with Crippen LogP contribution in [-0.4, -0.2) is 31.6 Å². The Bertz CT molecular complexity index is 516. The zero-order chi connectivity index (χ0) is 14.7. The molecule has 1 fully saturated rings. The minimum atomic E-state index is -0.0804.